The normalized spacial score (nSPS) is 12.9. The summed E-state index contributed by atoms with van der Waals surface area (Å²) in [5, 5.41) is 10.4. The van der Waals surface area contributed by atoms with Gasteiger partial charge < -0.3 is 5.73 Å². The van der Waals surface area contributed by atoms with Gasteiger partial charge in [-0.05, 0) is 18.1 Å². The number of benzene rings is 1. The SMILES string of the molecule is Cc1ccc([N+](=O)[O-])cc1C(N)C(F)F. The van der Waals surface area contributed by atoms with Crippen LogP contribution in [-0.2, 0) is 0 Å². The maximum absolute atomic E-state index is 12.3. The quantitative estimate of drug-likeness (QED) is 0.621. The van der Waals surface area contributed by atoms with Gasteiger partial charge in [0.05, 0.1) is 11.0 Å². The number of nitrogens with zero attached hydrogens (tertiary/aromatic N) is 1. The number of nitro groups is 1. The van der Waals surface area contributed by atoms with Crippen molar-refractivity contribution in [2.75, 3.05) is 0 Å². The van der Waals surface area contributed by atoms with Crippen LogP contribution in [0.25, 0.3) is 0 Å². The smallest absolute Gasteiger partial charge is 0.269 e. The predicted octanol–water partition coefficient (Wildman–Crippen LogP) is 2.17. The molecule has 0 aliphatic heterocycles. The average molecular weight is 216 g/mol. The van der Waals surface area contributed by atoms with Crippen molar-refractivity contribution in [3.8, 4) is 0 Å². The topological polar surface area (TPSA) is 69.2 Å². The number of non-ortho nitro benzene ring substituents is 1. The van der Waals surface area contributed by atoms with Crippen molar-refractivity contribution in [2.24, 2.45) is 5.73 Å². The Bertz CT molecular complexity index is 382. The van der Waals surface area contributed by atoms with Gasteiger partial charge in [-0.25, -0.2) is 8.78 Å². The van der Waals surface area contributed by atoms with Crippen LogP contribution in [0.15, 0.2) is 18.2 Å². The Labute approximate surface area is 84.9 Å². The average Bonchev–Trinajstić information content (AvgIpc) is 2.16. The third kappa shape index (κ3) is 2.47. The summed E-state index contributed by atoms with van der Waals surface area (Å²) in [5.74, 6) is 0. The van der Waals surface area contributed by atoms with E-state index in [0.717, 1.165) is 6.07 Å². The Morgan fingerprint density at radius 2 is 2.07 bits per heavy atom. The molecular formula is C9H10F2N2O2. The van der Waals surface area contributed by atoms with Gasteiger partial charge in [-0.1, -0.05) is 6.07 Å². The molecule has 15 heavy (non-hydrogen) atoms. The molecule has 82 valence electrons. The molecule has 1 unspecified atom stereocenters. The van der Waals surface area contributed by atoms with Gasteiger partial charge in [0, 0.05) is 12.1 Å². The summed E-state index contributed by atoms with van der Waals surface area (Å²) < 4.78 is 24.7. The monoisotopic (exact) mass is 216 g/mol. The fourth-order valence-electron chi connectivity index (χ4n) is 1.24. The van der Waals surface area contributed by atoms with Gasteiger partial charge in [0.15, 0.2) is 0 Å². The lowest BCUT2D eigenvalue weighted by Crippen LogP contribution is -2.20. The van der Waals surface area contributed by atoms with Crippen LogP contribution in [0.4, 0.5) is 14.5 Å². The first-order valence-electron chi connectivity index (χ1n) is 4.22. The molecule has 1 rings (SSSR count). The summed E-state index contributed by atoms with van der Waals surface area (Å²) in [7, 11) is 0. The second kappa shape index (κ2) is 4.31. The van der Waals surface area contributed by atoms with Gasteiger partial charge >= 0.3 is 0 Å². The van der Waals surface area contributed by atoms with Crippen LogP contribution in [0.2, 0.25) is 0 Å². The van der Waals surface area contributed by atoms with E-state index < -0.39 is 17.4 Å². The molecule has 0 fully saturated rings. The Morgan fingerprint density at radius 3 is 2.53 bits per heavy atom. The lowest BCUT2D eigenvalue weighted by atomic mass is 10.0. The highest BCUT2D eigenvalue weighted by Gasteiger charge is 2.21. The molecule has 2 N–H and O–H groups in total. The van der Waals surface area contributed by atoms with Gasteiger partial charge in [0.1, 0.15) is 0 Å². The lowest BCUT2D eigenvalue weighted by molar-refractivity contribution is -0.385. The molecule has 1 atom stereocenters. The number of hydrogen-bond donors (Lipinski definition) is 1. The van der Waals surface area contributed by atoms with E-state index in [2.05, 4.69) is 0 Å². The van der Waals surface area contributed by atoms with Crippen molar-refractivity contribution in [2.45, 2.75) is 19.4 Å². The van der Waals surface area contributed by atoms with Crippen LogP contribution in [-0.4, -0.2) is 11.3 Å². The van der Waals surface area contributed by atoms with Crippen LogP contribution < -0.4 is 5.73 Å². The first-order chi connectivity index (χ1) is 6.93. The predicted molar refractivity (Wildman–Crippen MR) is 50.8 cm³/mol. The second-order valence-corrected chi connectivity index (χ2v) is 3.16. The largest absolute Gasteiger partial charge is 0.319 e. The maximum atomic E-state index is 12.3. The molecule has 0 spiro atoms. The highest BCUT2D eigenvalue weighted by atomic mass is 19.3. The second-order valence-electron chi connectivity index (χ2n) is 3.16. The molecule has 1 aromatic rings. The molecule has 1 aromatic carbocycles. The fraction of sp³-hybridized carbons (Fsp3) is 0.333. The molecule has 0 aliphatic carbocycles. The Kier molecular flexibility index (Phi) is 3.31. The Hall–Kier alpha value is -1.56. The molecule has 0 bridgehead atoms. The Morgan fingerprint density at radius 1 is 1.47 bits per heavy atom. The molecule has 6 heteroatoms. The standard InChI is InChI=1S/C9H10F2N2O2/c1-5-2-3-6(13(14)15)4-7(5)8(12)9(10)11/h2-4,8-9H,12H2,1H3. The number of halogens is 2. The van der Waals surface area contributed by atoms with Crippen molar-refractivity contribution < 1.29 is 13.7 Å². The minimum Gasteiger partial charge on any atom is -0.319 e. The summed E-state index contributed by atoms with van der Waals surface area (Å²) in [6, 6.07) is 2.28. The van der Waals surface area contributed by atoms with E-state index in [0.29, 0.717) is 5.56 Å². The Balaban J connectivity index is 3.16. The minimum atomic E-state index is -2.73. The van der Waals surface area contributed by atoms with Crippen LogP contribution in [0.1, 0.15) is 17.2 Å². The summed E-state index contributed by atoms with van der Waals surface area (Å²) in [6.45, 7) is 1.58. The number of aryl methyl sites for hydroxylation is 1. The van der Waals surface area contributed by atoms with Crippen LogP contribution in [0, 0.1) is 17.0 Å². The van der Waals surface area contributed by atoms with E-state index in [1.807, 2.05) is 0 Å². The molecule has 0 saturated heterocycles. The van der Waals surface area contributed by atoms with Crippen LogP contribution in [0.3, 0.4) is 0 Å². The summed E-state index contributed by atoms with van der Waals surface area (Å²) in [6.07, 6.45) is -2.73. The summed E-state index contributed by atoms with van der Waals surface area (Å²) in [5.41, 5.74) is 5.64. The van der Waals surface area contributed by atoms with Gasteiger partial charge in [-0.3, -0.25) is 10.1 Å². The van der Waals surface area contributed by atoms with Crippen molar-refractivity contribution in [1.29, 1.82) is 0 Å². The number of nitro benzene ring substituents is 1. The van der Waals surface area contributed by atoms with E-state index in [1.54, 1.807) is 6.92 Å². The van der Waals surface area contributed by atoms with E-state index in [4.69, 9.17) is 5.73 Å². The van der Waals surface area contributed by atoms with Gasteiger partial charge in [-0.2, -0.15) is 0 Å². The number of hydrogen-bond acceptors (Lipinski definition) is 3. The first kappa shape index (κ1) is 11.5. The number of rotatable bonds is 3. The first-order valence-corrected chi connectivity index (χ1v) is 4.22. The van der Waals surface area contributed by atoms with E-state index in [-0.39, 0.29) is 11.3 Å². The van der Waals surface area contributed by atoms with Crippen molar-refractivity contribution >= 4 is 5.69 Å². The molecule has 0 amide bonds. The van der Waals surface area contributed by atoms with Crippen LogP contribution in [0.5, 0.6) is 0 Å². The van der Waals surface area contributed by atoms with Gasteiger partial charge in [0.25, 0.3) is 12.1 Å². The van der Waals surface area contributed by atoms with Crippen LogP contribution >= 0.6 is 0 Å². The van der Waals surface area contributed by atoms with Crippen molar-refractivity contribution in [1.82, 2.24) is 0 Å². The molecule has 0 aromatic heterocycles. The van der Waals surface area contributed by atoms with Gasteiger partial charge in [0.2, 0.25) is 0 Å². The summed E-state index contributed by atoms with van der Waals surface area (Å²) in [4.78, 5) is 9.80. The third-order valence-corrected chi connectivity index (χ3v) is 2.10. The highest BCUT2D eigenvalue weighted by Crippen LogP contribution is 2.25. The maximum Gasteiger partial charge on any atom is 0.269 e. The fourth-order valence-corrected chi connectivity index (χ4v) is 1.24. The lowest BCUT2D eigenvalue weighted by Gasteiger charge is -2.13. The van der Waals surface area contributed by atoms with E-state index in [9.17, 15) is 18.9 Å². The molecule has 4 nitrogen and oxygen atoms in total. The van der Waals surface area contributed by atoms with Crippen molar-refractivity contribution in [3.63, 3.8) is 0 Å². The molecule has 0 saturated carbocycles. The van der Waals surface area contributed by atoms with Gasteiger partial charge in [-0.15, -0.1) is 0 Å². The molecular weight excluding hydrogens is 206 g/mol. The van der Waals surface area contributed by atoms with Crippen molar-refractivity contribution in [3.05, 3.63) is 39.4 Å². The zero-order valence-electron chi connectivity index (χ0n) is 7.98. The number of nitrogens with two attached hydrogens (primary N) is 1. The van der Waals surface area contributed by atoms with E-state index >= 15 is 0 Å². The van der Waals surface area contributed by atoms with E-state index in [1.165, 1.54) is 12.1 Å². The molecule has 0 heterocycles. The number of alkyl halides is 2. The highest BCUT2D eigenvalue weighted by molar-refractivity contribution is 5.41. The molecule has 0 radical (unpaired) electrons. The minimum absolute atomic E-state index is 0.110. The zero-order valence-corrected chi connectivity index (χ0v) is 7.98. The summed E-state index contributed by atoms with van der Waals surface area (Å²) >= 11 is 0. The molecule has 0 aliphatic rings. The third-order valence-electron chi connectivity index (χ3n) is 2.10. The zero-order chi connectivity index (χ0) is 11.6.